The van der Waals surface area contributed by atoms with Crippen molar-refractivity contribution in [1.29, 1.82) is 0 Å². The van der Waals surface area contributed by atoms with E-state index in [0.717, 1.165) is 25.9 Å². The smallest absolute Gasteiger partial charge is 0.227 e. The summed E-state index contributed by atoms with van der Waals surface area (Å²) in [7, 11) is 0. The topological polar surface area (TPSA) is 70.2 Å². The molecule has 1 amide bonds. The van der Waals surface area contributed by atoms with Crippen molar-refractivity contribution >= 4 is 23.4 Å². The van der Waals surface area contributed by atoms with E-state index in [1.807, 2.05) is 0 Å². The number of hydrogen-bond donors (Lipinski definition) is 2. The molecule has 4 rings (SSSR count). The van der Waals surface area contributed by atoms with Crippen molar-refractivity contribution in [2.75, 3.05) is 29.9 Å². The number of nitrogens with one attached hydrogen (secondary N) is 2. The standard InChI is InChI=1S/C24H32FN5O/c25-20-11-5-6-12-21(20)28-22-13-14-26-24(29-22)30-15-7-10-19(17-30)23(31)27-16-18-8-3-1-2-4-9-18/h5-6,11-14,18-19H,1-4,7-10,15-17H2,(H,27,31)(H,26,28,29). The molecule has 2 heterocycles. The molecule has 2 N–H and O–H groups in total. The van der Waals surface area contributed by atoms with Crippen LogP contribution in [0.2, 0.25) is 0 Å². The van der Waals surface area contributed by atoms with Crippen molar-refractivity contribution in [2.45, 2.75) is 51.4 Å². The van der Waals surface area contributed by atoms with Crippen LogP contribution in [0.25, 0.3) is 0 Å². The minimum absolute atomic E-state index is 0.0497. The molecule has 1 saturated heterocycles. The van der Waals surface area contributed by atoms with E-state index in [4.69, 9.17) is 0 Å². The third-order valence-corrected chi connectivity index (χ3v) is 6.39. The summed E-state index contributed by atoms with van der Waals surface area (Å²) in [5.41, 5.74) is 0.376. The maximum Gasteiger partial charge on any atom is 0.227 e. The van der Waals surface area contributed by atoms with E-state index >= 15 is 0 Å². The van der Waals surface area contributed by atoms with E-state index in [2.05, 4.69) is 25.5 Å². The van der Waals surface area contributed by atoms with Crippen LogP contribution in [0.5, 0.6) is 0 Å². The van der Waals surface area contributed by atoms with Gasteiger partial charge < -0.3 is 15.5 Å². The molecule has 1 aliphatic carbocycles. The first kappa shape index (κ1) is 21.5. The fourth-order valence-corrected chi connectivity index (χ4v) is 4.60. The van der Waals surface area contributed by atoms with Gasteiger partial charge in [0.25, 0.3) is 0 Å². The third-order valence-electron chi connectivity index (χ3n) is 6.39. The first-order valence-electron chi connectivity index (χ1n) is 11.6. The molecular formula is C24H32FN5O. The number of aromatic nitrogens is 2. The van der Waals surface area contributed by atoms with Crippen molar-refractivity contribution in [2.24, 2.45) is 11.8 Å². The lowest BCUT2D eigenvalue weighted by atomic mass is 9.96. The quantitative estimate of drug-likeness (QED) is 0.659. The molecular weight excluding hydrogens is 393 g/mol. The average Bonchev–Trinajstić information content (AvgIpc) is 3.08. The highest BCUT2D eigenvalue weighted by Crippen LogP contribution is 2.25. The van der Waals surface area contributed by atoms with Crippen molar-refractivity contribution in [3.8, 4) is 0 Å². The lowest BCUT2D eigenvalue weighted by Gasteiger charge is -2.32. The number of carbonyl (C=O) groups excluding carboxylic acids is 1. The molecule has 1 aromatic heterocycles. The summed E-state index contributed by atoms with van der Waals surface area (Å²) in [6.45, 7) is 2.23. The van der Waals surface area contributed by atoms with Crippen molar-refractivity contribution in [3.63, 3.8) is 0 Å². The van der Waals surface area contributed by atoms with Crippen LogP contribution in [-0.4, -0.2) is 35.5 Å². The zero-order chi connectivity index (χ0) is 21.5. The molecule has 0 spiro atoms. The Hall–Kier alpha value is -2.70. The monoisotopic (exact) mass is 425 g/mol. The van der Waals surface area contributed by atoms with Gasteiger partial charge in [-0.25, -0.2) is 9.37 Å². The van der Waals surface area contributed by atoms with E-state index in [0.29, 0.717) is 29.9 Å². The summed E-state index contributed by atoms with van der Waals surface area (Å²) >= 11 is 0. The van der Waals surface area contributed by atoms with E-state index in [9.17, 15) is 9.18 Å². The normalized spacial score (nSPS) is 20.2. The van der Waals surface area contributed by atoms with Gasteiger partial charge in [-0.3, -0.25) is 4.79 Å². The summed E-state index contributed by atoms with van der Waals surface area (Å²) in [4.78, 5) is 23.8. The van der Waals surface area contributed by atoms with Gasteiger partial charge in [-0.15, -0.1) is 0 Å². The van der Waals surface area contributed by atoms with Gasteiger partial charge in [0.05, 0.1) is 11.6 Å². The maximum absolute atomic E-state index is 13.9. The first-order chi connectivity index (χ1) is 15.2. The summed E-state index contributed by atoms with van der Waals surface area (Å²) in [5.74, 6) is 1.50. The van der Waals surface area contributed by atoms with E-state index in [-0.39, 0.29) is 17.6 Å². The predicted molar refractivity (Wildman–Crippen MR) is 121 cm³/mol. The number of para-hydroxylation sites is 1. The van der Waals surface area contributed by atoms with Gasteiger partial charge in [-0.05, 0) is 49.8 Å². The molecule has 2 aromatic rings. The highest BCUT2D eigenvalue weighted by atomic mass is 19.1. The van der Waals surface area contributed by atoms with Crippen LogP contribution in [-0.2, 0) is 4.79 Å². The molecule has 6 nitrogen and oxygen atoms in total. The van der Waals surface area contributed by atoms with Gasteiger partial charge >= 0.3 is 0 Å². The van der Waals surface area contributed by atoms with E-state index in [1.54, 1.807) is 30.5 Å². The van der Waals surface area contributed by atoms with E-state index < -0.39 is 0 Å². The molecule has 2 aliphatic rings. The Kier molecular flexibility index (Phi) is 7.33. The van der Waals surface area contributed by atoms with Gasteiger partial charge in [0.1, 0.15) is 11.6 Å². The molecule has 0 radical (unpaired) electrons. The van der Waals surface area contributed by atoms with Crippen LogP contribution >= 0.6 is 0 Å². The van der Waals surface area contributed by atoms with Gasteiger partial charge in [-0.1, -0.05) is 37.8 Å². The van der Waals surface area contributed by atoms with Crippen LogP contribution in [0.15, 0.2) is 36.5 Å². The molecule has 1 aromatic carbocycles. The number of hydrogen-bond acceptors (Lipinski definition) is 5. The van der Waals surface area contributed by atoms with Crippen molar-refractivity contribution in [3.05, 3.63) is 42.3 Å². The molecule has 166 valence electrons. The van der Waals surface area contributed by atoms with Crippen LogP contribution < -0.4 is 15.5 Å². The number of nitrogens with zero attached hydrogens (tertiary/aromatic N) is 3. The second-order valence-electron chi connectivity index (χ2n) is 8.73. The van der Waals surface area contributed by atoms with Crippen LogP contribution in [0.4, 0.5) is 21.8 Å². The number of halogens is 1. The molecule has 31 heavy (non-hydrogen) atoms. The highest BCUT2D eigenvalue weighted by molar-refractivity contribution is 5.79. The second kappa shape index (κ2) is 10.6. The molecule has 1 atom stereocenters. The fourth-order valence-electron chi connectivity index (χ4n) is 4.60. The molecule has 1 saturated carbocycles. The number of benzene rings is 1. The van der Waals surface area contributed by atoms with Crippen LogP contribution in [0, 0.1) is 17.7 Å². The maximum atomic E-state index is 13.9. The SMILES string of the molecule is O=C(NCC1CCCCCC1)C1CCCN(c2nccc(Nc3ccccc3F)n2)C1. The Morgan fingerprint density at radius 1 is 1.06 bits per heavy atom. The van der Waals surface area contributed by atoms with Crippen LogP contribution in [0.1, 0.15) is 51.4 Å². The molecule has 1 aliphatic heterocycles. The number of carbonyl (C=O) groups is 1. The minimum Gasteiger partial charge on any atom is -0.356 e. The Morgan fingerprint density at radius 3 is 2.68 bits per heavy atom. The number of piperidine rings is 1. The number of rotatable bonds is 6. The van der Waals surface area contributed by atoms with Gasteiger partial charge in [0, 0.05) is 25.8 Å². The molecule has 2 fully saturated rings. The van der Waals surface area contributed by atoms with Gasteiger partial charge in [-0.2, -0.15) is 4.98 Å². The van der Waals surface area contributed by atoms with Gasteiger partial charge in [0.15, 0.2) is 0 Å². The van der Waals surface area contributed by atoms with Gasteiger partial charge in [0.2, 0.25) is 11.9 Å². The zero-order valence-electron chi connectivity index (χ0n) is 18.0. The Labute approximate surface area is 183 Å². The molecule has 1 unspecified atom stereocenters. The number of amides is 1. The first-order valence-corrected chi connectivity index (χ1v) is 11.6. The van der Waals surface area contributed by atoms with Crippen LogP contribution in [0.3, 0.4) is 0 Å². The molecule has 7 heteroatoms. The lowest BCUT2D eigenvalue weighted by molar-refractivity contribution is -0.125. The predicted octanol–water partition coefficient (Wildman–Crippen LogP) is 4.66. The van der Waals surface area contributed by atoms with E-state index in [1.165, 1.54) is 44.6 Å². The average molecular weight is 426 g/mol. The van der Waals surface area contributed by atoms with Crippen molar-refractivity contribution < 1.29 is 9.18 Å². The fraction of sp³-hybridized carbons (Fsp3) is 0.542. The summed E-state index contributed by atoms with van der Waals surface area (Å²) in [6, 6.07) is 8.23. The summed E-state index contributed by atoms with van der Waals surface area (Å²) < 4.78 is 13.9. The third kappa shape index (κ3) is 5.93. The summed E-state index contributed by atoms with van der Waals surface area (Å²) in [5, 5.41) is 6.23. The largest absolute Gasteiger partial charge is 0.356 e. The highest BCUT2D eigenvalue weighted by Gasteiger charge is 2.27. The Bertz CT molecular complexity index is 869. The second-order valence-corrected chi connectivity index (χ2v) is 8.73. The van der Waals surface area contributed by atoms with Crippen molar-refractivity contribution in [1.82, 2.24) is 15.3 Å². The zero-order valence-corrected chi connectivity index (χ0v) is 18.0. The molecule has 0 bridgehead atoms. The Balaban J connectivity index is 1.34. The number of anilines is 3. The lowest BCUT2D eigenvalue weighted by Crippen LogP contribution is -2.44. The Morgan fingerprint density at radius 2 is 1.87 bits per heavy atom. The summed E-state index contributed by atoms with van der Waals surface area (Å²) in [6.07, 6.45) is 11.2. The minimum atomic E-state index is -0.328.